The van der Waals surface area contributed by atoms with Crippen molar-refractivity contribution < 1.29 is 18.0 Å². The van der Waals surface area contributed by atoms with Crippen LogP contribution in [0.3, 0.4) is 0 Å². The number of carbonyl (C=O) groups is 1. The van der Waals surface area contributed by atoms with E-state index in [-0.39, 0.29) is 5.91 Å². The number of amides is 1. The van der Waals surface area contributed by atoms with Crippen molar-refractivity contribution in [3.05, 3.63) is 29.1 Å². The summed E-state index contributed by atoms with van der Waals surface area (Å²) in [5.41, 5.74) is 0.0485. The molecule has 0 bridgehead atoms. The van der Waals surface area contributed by atoms with Gasteiger partial charge in [0, 0.05) is 37.3 Å². The normalized spacial score (nSPS) is 16.2. The van der Waals surface area contributed by atoms with Gasteiger partial charge in [0.1, 0.15) is 0 Å². The number of pyridine rings is 1. The molecule has 3 nitrogen and oxygen atoms in total. The number of halogens is 3. The van der Waals surface area contributed by atoms with Gasteiger partial charge in [-0.2, -0.15) is 13.2 Å². The Morgan fingerprint density at radius 1 is 1.37 bits per heavy atom. The van der Waals surface area contributed by atoms with E-state index < -0.39 is 11.7 Å². The number of aryl methyl sites for hydroxylation is 1. The van der Waals surface area contributed by atoms with Gasteiger partial charge in [-0.3, -0.25) is 9.78 Å². The summed E-state index contributed by atoms with van der Waals surface area (Å²) in [4.78, 5) is 17.2. The minimum Gasteiger partial charge on any atom is -0.342 e. The lowest BCUT2D eigenvalue weighted by atomic mass is 10.1. The van der Waals surface area contributed by atoms with Crippen LogP contribution in [0.5, 0.6) is 0 Å². The second-order valence-corrected chi connectivity index (χ2v) is 4.72. The third-order valence-electron chi connectivity index (χ3n) is 3.14. The third-order valence-corrected chi connectivity index (χ3v) is 3.14. The molecule has 0 aromatic carbocycles. The standard InChI is InChI=1S/C13H15F3N2O/c1-9-7-10(13(14,15)16)8-11(17-9)4-6-18-5-2-3-12(18)19/h7-8H,2-6H2,1H3. The van der Waals surface area contributed by atoms with E-state index in [1.165, 1.54) is 0 Å². The van der Waals surface area contributed by atoms with E-state index in [0.717, 1.165) is 18.6 Å². The molecule has 1 aromatic rings. The zero-order chi connectivity index (χ0) is 14.0. The van der Waals surface area contributed by atoms with Crippen molar-refractivity contribution in [1.82, 2.24) is 9.88 Å². The Labute approximate surface area is 109 Å². The molecule has 1 aliphatic heterocycles. The Bertz CT molecular complexity index is 485. The Morgan fingerprint density at radius 3 is 2.68 bits per heavy atom. The summed E-state index contributed by atoms with van der Waals surface area (Å²) in [6, 6.07) is 2.10. The quantitative estimate of drug-likeness (QED) is 0.847. The number of hydrogen-bond donors (Lipinski definition) is 0. The number of nitrogens with zero attached hydrogens (tertiary/aromatic N) is 2. The third kappa shape index (κ3) is 3.45. The van der Waals surface area contributed by atoms with Gasteiger partial charge in [-0.25, -0.2) is 0 Å². The van der Waals surface area contributed by atoms with Crippen LogP contribution in [0.4, 0.5) is 13.2 Å². The van der Waals surface area contributed by atoms with E-state index in [1.54, 1.807) is 11.8 Å². The first-order valence-electron chi connectivity index (χ1n) is 6.19. The topological polar surface area (TPSA) is 33.2 Å². The molecule has 1 aromatic heterocycles. The molecule has 6 heteroatoms. The van der Waals surface area contributed by atoms with Crippen molar-refractivity contribution in [2.75, 3.05) is 13.1 Å². The summed E-state index contributed by atoms with van der Waals surface area (Å²) in [5, 5.41) is 0. The molecule has 0 saturated carbocycles. The maximum absolute atomic E-state index is 12.7. The van der Waals surface area contributed by atoms with Crippen LogP contribution in [0.2, 0.25) is 0 Å². The predicted molar refractivity (Wildman–Crippen MR) is 63.5 cm³/mol. The molecule has 2 heterocycles. The van der Waals surface area contributed by atoms with Gasteiger partial charge >= 0.3 is 6.18 Å². The predicted octanol–water partition coefficient (Wildman–Crippen LogP) is 2.57. The van der Waals surface area contributed by atoms with Crippen LogP contribution in [0.25, 0.3) is 0 Å². The minimum atomic E-state index is -4.36. The van der Waals surface area contributed by atoms with E-state index in [0.29, 0.717) is 37.3 Å². The van der Waals surface area contributed by atoms with Crippen LogP contribution >= 0.6 is 0 Å². The number of carbonyl (C=O) groups excluding carboxylic acids is 1. The molecule has 1 aliphatic rings. The van der Waals surface area contributed by atoms with E-state index in [4.69, 9.17) is 0 Å². The highest BCUT2D eigenvalue weighted by molar-refractivity contribution is 5.78. The van der Waals surface area contributed by atoms with E-state index >= 15 is 0 Å². The zero-order valence-electron chi connectivity index (χ0n) is 10.6. The van der Waals surface area contributed by atoms with Gasteiger partial charge in [0.25, 0.3) is 0 Å². The van der Waals surface area contributed by atoms with Gasteiger partial charge in [0.15, 0.2) is 0 Å². The highest BCUT2D eigenvalue weighted by Crippen LogP contribution is 2.30. The number of aromatic nitrogens is 1. The highest BCUT2D eigenvalue weighted by Gasteiger charge is 2.31. The van der Waals surface area contributed by atoms with Crippen molar-refractivity contribution in [1.29, 1.82) is 0 Å². The smallest absolute Gasteiger partial charge is 0.342 e. The molecule has 0 aliphatic carbocycles. The SMILES string of the molecule is Cc1cc(C(F)(F)F)cc(CCN2CCCC2=O)n1. The van der Waals surface area contributed by atoms with Crippen LogP contribution in [-0.2, 0) is 17.4 Å². The summed E-state index contributed by atoms with van der Waals surface area (Å²) < 4.78 is 38.0. The molecule has 0 spiro atoms. The first kappa shape index (κ1) is 13.8. The second-order valence-electron chi connectivity index (χ2n) is 4.72. The summed E-state index contributed by atoms with van der Waals surface area (Å²) in [6.45, 7) is 2.67. The van der Waals surface area contributed by atoms with Crippen LogP contribution in [0.15, 0.2) is 12.1 Å². The molecule has 1 amide bonds. The van der Waals surface area contributed by atoms with Crippen molar-refractivity contribution in [3.8, 4) is 0 Å². The average Bonchev–Trinajstić information content (AvgIpc) is 2.70. The fourth-order valence-electron chi connectivity index (χ4n) is 2.22. The van der Waals surface area contributed by atoms with Crippen LogP contribution in [0, 0.1) is 6.92 Å². The van der Waals surface area contributed by atoms with Crippen molar-refractivity contribution in [2.24, 2.45) is 0 Å². The lowest BCUT2D eigenvalue weighted by Gasteiger charge is -2.16. The molecule has 0 unspecified atom stereocenters. The first-order chi connectivity index (χ1) is 8.86. The van der Waals surface area contributed by atoms with E-state index in [1.807, 2.05) is 0 Å². The van der Waals surface area contributed by atoms with Gasteiger partial charge in [0.2, 0.25) is 5.91 Å². The molecular weight excluding hydrogens is 257 g/mol. The summed E-state index contributed by atoms with van der Waals surface area (Å²) in [5.74, 6) is 0.0729. The molecule has 1 saturated heterocycles. The number of alkyl halides is 3. The van der Waals surface area contributed by atoms with Gasteiger partial charge in [-0.1, -0.05) is 0 Å². The lowest BCUT2D eigenvalue weighted by molar-refractivity contribution is -0.137. The van der Waals surface area contributed by atoms with Gasteiger partial charge < -0.3 is 4.90 Å². The second kappa shape index (κ2) is 5.19. The fraction of sp³-hybridized carbons (Fsp3) is 0.538. The monoisotopic (exact) mass is 272 g/mol. The summed E-state index contributed by atoms with van der Waals surface area (Å²) >= 11 is 0. The minimum absolute atomic E-state index is 0.0729. The molecular formula is C13H15F3N2O. The molecule has 0 radical (unpaired) electrons. The van der Waals surface area contributed by atoms with Gasteiger partial charge in [-0.15, -0.1) is 0 Å². The van der Waals surface area contributed by atoms with Crippen molar-refractivity contribution >= 4 is 5.91 Å². The van der Waals surface area contributed by atoms with Crippen LogP contribution in [0.1, 0.15) is 29.8 Å². The number of likely N-dealkylation sites (tertiary alicyclic amines) is 1. The van der Waals surface area contributed by atoms with E-state index in [9.17, 15) is 18.0 Å². The fourth-order valence-corrected chi connectivity index (χ4v) is 2.22. The summed E-state index contributed by atoms with van der Waals surface area (Å²) in [6.07, 6.45) is -2.63. The molecule has 19 heavy (non-hydrogen) atoms. The largest absolute Gasteiger partial charge is 0.416 e. The highest BCUT2D eigenvalue weighted by atomic mass is 19.4. The molecule has 2 rings (SSSR count). The average molecular weight is 272 g/mol. The lowest BCUT2D eigenvalue weighted by Crippen LogP contribution is -2.27. The number of hydrogen-bond acceptors (Lipinski definition) is 2. The maximum atomic E-state index is 12.7. The molecule has 0 N–H and O–H groups in total. The Hall–Kier alpha value is -1.59. The Balaban J connectivity index is 2.08. The molecule has 0 atom stereocenters. The van der Waals surface area contributed by atoms with Gasteiger partial charge in [0.05, 0.1) is 5.56 Å². The molecule has 1 fully saturated rings. The van der Waals surface area contributed by atoms with Crippen LogP contribution in [-0.4, -0.2) is 28.9 Å². The van der Waals surface area contributed by atoms with Crippen molar-refractivity contribution in [2.45, 2.75) is 32.4 Å². The number of rotatable bonds is 3. The maximum Gasteiger partial charge on any atom is 0.416 e. The summed E-state index contributed by atoms with van der Waals surface area (Å²) in [7, 11) is 0. The van der Waals surface area contributed by atoms with Crippen LogP contribution < -0.4 is 0 Å². The van der Waals surface area contributed by atoms with E-state index in [2.05, 4.69) is 4.98 Å². The van der Waals surface area contributed by atoms with Crippen molar-refractivity contribution in [3.63, 3.8) is 0 Å². The first-order valence-corrected chi connectivity index (χ1v) is 6.19. The Morgan fingerprint density at radius 2 is 2.11 bits per heavy atom. The molecule has 104 valence electrons. The van der Waals surface area contributed by atoms with Gasteiger partial charge in [-0.05, 0) is 25.5 Å². The Kier molecular flexibility index (Phi) is 3.78. The zero-order valence-corrected chi connectivity index (χ0v) is 10.6.